The van der Waals surface area contributed by atoms with Crippen molar-refractivity contribution < 1.29 is 4.42 Å². The van der Waals surface area contributed by atoms with Gasteiger partial charge in [-0.3, -0.25) is 0 Å². The summed E-state index contributed by atoms with van der Waals surface area (Å²) in [7, 11) is -1.54. The van der Waals surface area contributed by atoms with Gasteiger partial charge in [0.05, 0.1) is 13.8 Å². The first-order valence-electron chi connectivity index (χ1n) is 7.92. The van der Waals surface area contributed by atoms with Crippen LogP contribution in [0.4, 0.5) is 0 Å². The molecule has 0 N–H and O–H groups in total. The normalized spacial score (nSPS) is 12.1. The van der Waals surface area contributed by atoms with Crippen molar-refractivity contribution in [3.63, 3.8) is 0 Å². The second kappa shape index (κ2) is 5.07. The minimum atomic E-state index is -1.54. The lowest BCUT2D eigenvalue weighted by Crippen LogP contribution is -2.39. The summed E-state index contributed by atoms with van der Waals surface area (Å²) in [6.07, 6.45) is 0. The SMILES string of the molecule is C[Si](C)(C)c1cc2c(nc1-c1ccccc1)oc1ccccc12. The summed E-state index contributed by atoms with van der Waals surface area (Å²) in [5, 5.41) is 3.65. The van der Waals surface area contributed by atoms with Crippen LogP contribution in [0.1, 0.15) is 0 Å². The maximum atomic E-state index is 5.99. The predicted octanol–water partition coefficient (Wildman–Crippen LogP) is 5.19. The summed E-state index contributed by atoms with van der Waals surface area (Å²) in [5.41, 5.74) is 3.86. The fourth-order valence-corrected chi connectivity index (χ4v) is 4.53. The molecule has 23 heavy (non-hydrogen) atoms. The van der Waals surface area contributed by atoms with Crippen LogP contribution in [0.3, 0.4) is 0 Å². The van der Waals surface area contributed by atoms with E-state index in [1.807, 2.05) is 18.2 Å². The van der Waals surface area contributed by atoms with Gasteiger partial charge >= 0.3 is 0 Å². The summed E-state index contributed by atoms with van der Waals surface area (Å²) in [5.74, 6) is 0. The number of fused-ring (bicyclic) bond motifs is 3. The number of furan rings is 1. The molecule has 2 heterocycles. The highest BCUT2D eigenvalue weighted by Crippen LogP contribution is 2.30. The molecular weight excluding hydrogens is 298 g/mol. The Morgan fingerprint density at radius 1 is 0.826 bits per heavy atom. The van der Waals surface area contributed by atoms with Crippen LogP contribution in [-0.4, -0.2) is 13.1 Å². The van der Waals surface area contributed by atoms with Crippen molar-refractivity contribution in [1.29, 1.82) is 0 Å². The lowest BCUT2D eigenvalue weighted by Gasteiger charge is -2.20. The fourth-order valence-electron chi connectivity index (χ4n) is 3.04. The fraction of sp³-hybridized carbons (Fsp3) is 0.150. The highest BCUT2D eigenvalue weighted by molar-refractivity contribution is 6.89. The molecule has 0 unspecified atom stereocenters. The predicted molar refractivity (Wildman–Crippen MR) is 99.9 cm³/mol. The molecule has 0 atom stereocenters. The summed E-state index contributed by atoms with van der Waals surface area (Å²) >= 11 is 0. The van der Waals surface area contributed by atoms with Gasteiger partial charge < -0.3 is 4.42 Å². The van der Waals surface area contributed by atoms with E-state index < -0.39 is 8.07 Å². The molecule has 0 saturated carbocycles. The molecule has 0 amide bonds. The largest absolute Gasteiger partial charge is 0.438 e. The van der Waals surface area contributed by atoms with E-state index >= 15 is 0 Å². The van der Waals surface area contributed by atoms with Crippen molar-refractivity contribution in [2.45, 2.75) is 19.6 Å². The summed E-state index contributed by atoms with van der Waals surface area (Å²) in [4.78, 5) is 4.92. The third kappa shape index (κ3) is 2.37. The second-order valence-electron chi connectivity index (χ2n) is 6.95. The Labute approximate surface area is 136 Å². The molecule has 0 saturated heterocycles. The first-order valence-corrected chi connectivity index (χ1v) is 11.4. The number of hydrogen-bond acceptors (Lipinski definition) is 2. The molecule has 3 heteroatoms. The van der Waals surface area contributed by atoms with Crippen LogP contribution in [0.2, 0.25) is 19.6 Å². The average molecular weight is 317 g/mol. The lowest BCUT2D eigenvalue weighted by atomic mass is 10.1. The van der Waals surface area contributed by atoms with Crippen molar-refractivity contribution in [3.8, 4) is 11.3 Å². The Morgan fingerprint density at radius 2 is 1.52 bits per heavy atom. The number of nitrogens with zero attached hydrogens (tertiary/aromatic N) is 1. The van der Waals surface area contributed by atoms with E-state index in [-0.39, 0.29) is 0 Å². The molecule has 0 aliphatic rings. The van der Waals surface area contributed by atoms with Gasteiger partial charge in [0.1, 0.15) is 5.58 Å². The molecule has 0 aliphatic carbocycles. The molecule has 2 nitrogen and oxygen atoms in total. The molecule has 114 valence electrons. The molecule has 0 spiro atoms. The van der Waals surface area contributed by atoms with E-state index in [2.05, 4.69) is 62.1 Å². The van der Waals surface area contributed by atoms with Crippen LogP contribution >= 0.6 is 0 Å². The third-order valence-corrected chi connectivity index (χ3v) is 6.22. The van der Waals surface area contributed by atoms with E-state index in [1.54, 1.807) is 0 Å². The van der Waals surface area contributed by atoms with Gasteiger partial charge in [0.15, 0.2) is 0 Å². The Morgan fingerprint density at radius 3 is 2.26 bits per heavy atom. The van der Waals surface area contributed by atoms with E-state index in [4.69, 9.17) is 9.40 Å². The van der Waals surface area contributed by atoms with E-state index in [9.17, 15) is 0 Å². The number of rotatable bonds is 2. The number of aromatic nitrogens is 1. The number of hydrogen-bond donors (Lipinski definition) is 0. The zero-order valence-electron chi connectivity index (χ0n) is 13.6. The van der Waals surface area contributed by atoms with E-state index in [1.165, 1.54) is 5.19 Å². The smallest absolute Gasteiger partial charge is 0.227 e. The number of benzene rings is 2. The number of para-hydroxylation sites is 1. The molecule has 2 aromatic heterocycles. The van der Waals surface area contributed by atoms with Crippen LogP contribution in [0.5, 0.6) is 0 Å². The number of pyridine rings is 1. The minimum Gasteiger partial charge on any atom is -0.438 e. The first-order chi connectivity index (χ1) is 11.0. The van der Waals surface area contributed by atoms with Crippen molar-refractivity contribution in [2.24, 2.45) is 0 Å². The summed E-state index contributed by atoms with van der Waals surface area (Å²) in [6, 6.07) is 20.9. The zero-order chi connectivity index (χ0) is 16.0. The topological polar surface area (TPSA) is 26.0 Å². The average Bonchev–Trinajstić information content (AvgIpc) is 2.91. The molecule has 4 rings (SSSR count). The highest BCUT2D eigenvalue weighted by atomic mass is 28.3. The van der Waals surface area contributed by atoms with Gasteiger partial charge in [-0.2, -0.15) is 0 Å². The minimum absolute atomic E-state index is 0.729. The maximum absolute atomic E-state index is 5.99. The van der Waals surface area contributed by atoms with E-state index in [0.29, 0.717) is 0 Å². The monoisotopic (exact) mass is 317 g/mol. The van der Waals surface area contributed by atoms with Gasteiger partial charge in [0, 0.05) is 16.3 Å². The van der Waals surface area contributed by atoms with Crippen LogP contribution in [0.15, 0.2) is 65.1 Å². The molecule has 0 bridgehead atoms. The van der Waals surface area contributed by atoms with E-state index in [0.717, 1.165) is 33.3 Å². The van der Waals surface area contributed by atoms with Gasteiger partial charge in [-0.1, -0.05) is 68.2 Å². The Balaban J connectivity index is 2.10. The summed E-state index contributed by atoms with van der Waals surface area (Å²) in [6.45, 7) is 7.10. The van der Waals surface area contributed by atoms with Gasteiger partial charge in [-0.15, -0.1) is 0 Å². The quantitative estimate of drug-likeness (QED) is 0.475. The molecule has 4 aromatic rings. The summed E-state index contributed by atoms with van der Waals surface area (Å²) < 4.78 is 5.99. The van der Waals surface area contributed by atoms with Gasteiger partial charge in [-0.05, 0) is 17.3 Å². The van der Waals surface area contributed by atoms with Crippen LogP contribution < -0.4 is 5.19 Å². The van der Waals surface area contributed by atoms with Crippen molar-refractivity contribution >= 4 is 35.3 Å². The first kappa shape index (κ1) is 14.2. The molecule has 0 fully saturated rings. The third-order valence-electron chi connectivity index (χ3n) is 4.23. The molecule has 2 aromatic carbocycles. The van der Waals surface area contributed by atoms with Crippen LogP contribution in [-0.2, 0) is 0 Å². The van der Waals surface area contributed by atoms with Gasteiger partial charge in [0.25, 0.3) is 0 Å². The molecular formula is C20H19NOSi. The Hall–Kier alpha value is -2.39. The van der Waals surface area contributed by atoms with Crippen molar-refractivity contribution in [1.82, 2.24) is 4.98 Å². The lowest BCUT2D eigenvalue weighted by molar-refractivity contribution is 0.655. The van der Waals surface area contributed by atoms with Crippen molar-refractivity contribution in [3.05, 3.63) is 60.7 Å². The van der Waals surface area contributed by atoms with Crippen LogP contribution in [0.25, 0.3) is 33.3 Å². The van der Waals surface area contributed by atoms with Crippen LogP contribution in [0, 0.1) is 0 Å². The standard InChI is InChI=1S/C20H19NOSi/c1-23(2,3)18-13-16-15-11-7-8-12-17(15)22-20(16)21-19(18)14-9-5-4-6-10-14/h4-13H,1-3H3. The van der Waals surface area contributed by atoms with Crippen molar-refractivity contribution in [2.75, 3.05) is 0 Å². The Kier molecular flexibility index (Phi) is 3.13. The molecule has 0 aliphatic heterocycles. The second-order valence-corrected chi connectivity index (χ2v) is 12.0. The zero-order valence-corrected chi connectivity index (χ0v) is 14.6. The van der Waals surface area contributed by atoms with Gasteiger partial charge in [-0.25, -0.2) is 4.98 Å². The van der Waals surface area contributed by atoms with Gasteiger partial charge in [0.2, 0.25) is 5.71 Å². The maximum Gasteiger partial charge on any atom is 0.227 e. The highest BCUT2D eigenvalue weighted by Gasteiger charge is 2.24. The Bertz CT molecular complexity index is 997. The molecule has 0 radical (unpaired) electrons.